The zero-order valence-corrected chi connectivity index (χ0v) is 17.4. The van der Waals surface area contributed by atoms with Crippen molar-refractivity contribution in [3.8, 4) is 5.75 Å². The van der Waals surface area contributed by atoms with Crippen molar-refractivity contribution in [2.45, 2.75) is 20.4 Å². The molecular formula is C20H17F5N4OS. The Morgan fingerprint density at radius 3 is 2.03 bits per heavy atom. The molecule has 0 amide bonds. The molecule has 0 bridgehead atoms. The molecule has 3 rings (SSSR count). The highest BCUT2D eigenvalue weighted by Crippen LogP contribution is 2.26. The van der Waals surface area contributed by atoms with Crippen LogP contribution in [0.15, 0.2) is 24.3 Å². The molecule has 0 aliphatic carbocycles. The quantitative estimate of drug-likeness (QED) is 0.243. The van der Waals surface area contributed by atoms with Gasteiger partial charge in [-0.05, 0) is 50.3 Å². The minimum Gasteiger partial charge on any atom is -0.497 e. The summed E-state index contributed by atoms with van der Waals surface area (Å²) in [6.45, 7) is 2.53. The zero-order chi connectivity index (χ0) is 22.9. The second-order valence-electron chi connectivity index (χ2n) is 6.56. The molecule has 5 nitrogen and oxygen atoms in total. The Kier molecular flexibility index (Phi) is 6.44. The minimum atomic E-state index is -2.20. The maximum Gasteiger partial charge on any atom is 0.200 e. The van der Waals surface area contributed by atoms with Gasteiger partial charge < -0.3 is 15.4 Å². The van der Waals surface area contributed by atoms with Crippen LogP contribution in [0, 0.1) is 42.9 Å². The molecule has 0 aliphatic heterocycles. The summed E-state index contributed by atoms with van der Waals surface area (Å²) in [5.74, 6) is -9.32. The van der Waals surface area contributed by atoms with Crippen molar-refractivity contribution in [1.82, 2.24) is 9.78 Å². The number of thiocarbonyl (C=S) groups is 1. The Morgan fingerprint density at radius 1 is 0.935 bits per heavy atom. The fourth-order valence-corrected chi connectivity index (χ4v) is 3.14. The van der Waals surface area contributed by atoms with Gasteiger partial charge in [0.25, 0.3) is 0 Å². The molecule has 0 spiro atoms. The van der Waals surface area contributed by atoms with E-state index in [1.807, 2.05) is 0 Å². The molecule has 0 radical (unpaired) electrons. The van der Waals surface area contributed by atoms with Crippen molar-refractivity contribution in [2.24, 2.45) is 0 Å². The Balaban J connectivity index is 1.82. The van der Waals surface area contributed by atoms with Gasteiger partial charge in [-0.3, -0.25) is 4.68 Å². The molecule has 1 aromatic heterocycles. The van der Waals surface area contributed by atoms with Crippen LogP contribution in [0.25, 0.3) is 0 Å². The molecule has 0 aliphatic rings. The molecule has 0 saturated carbocycles. The summed E-state index contributed by atoms with van der Waals surface area (Å²) in [7, 11) is 1.55. The number of nitrogens with zero attached hydrogens (tertiary/aromatic N) is 2. The van der Waals surface area contributed by atoms with E-state index in [9.17, 15) is 22.0 Å². The third-order valence-electron chi connectivity index (χ3n) is 4.58. The number of anilines is 2. The van der Waals surface area contributed by atoms with Gasteiger partial charge in [-0.15, -0.1) is 0 Å². The van der Waals surface area contributed by atoms with E-state index in [0.717, 1.165) is 4.68 Å². The normalized spacial score (nSPS) is 10.8. The Bertz CT molecular complexity index is 1120. The highest BCUT2D eigenvalue weighted by atomic mass is 32.1. The number of halogens is 5. The number of nitrogens with one attached hydrogen (secondary N) is 2. The molecule has 0 unspecified atom stereocenters. The number of benzene rings is 2. The van der Waals surface area contributed by atoms with Crippen molar-refractivity contribution in [2.75, 3.05) is 17.7 Å². The van der Waals surface area contributed by atoms with Crippen LogP contribution >= 0.6 is 12.2 Å². The first-order valence-corrected chi connectivity index (χ1v) is 9.31. The summed E-state index contributed by atoms with van der Waals surface area (Å²) in [6, 6.07) is 6.98. The first kappa shape index (κ1) is 22.5. The molecule has 0 saturated heterocycles. The molecule has 1 heterocycles. The van der Waals surface area contributed by atoms with Crippen LogP contribution in [0.5, 0.6) is 5.75 Å². The first-order chi connectivity index (χ1) is 14.6. The molecule has 164 valence electrons. The fraction of sp³-hybridized carbons (Fsp3) is 0.200. The largest absolute Gasteiger partial charge is 0.497 e. The molecule has 2 aromatic carbocycles. The third-order valence-corrected chi connectivity index (χ3v) is 4.78. The number of aromatic nitrogens is 2. The minimum absolute atomic E-state index is 0.215. The summed E-state index contributed by atoms with van der Waals surface area (Å²) >= 11 is 5.28. The summed E-state index contributed by atoms with van der Waals surface area (Å²) in [4.78, 5) is 0. The molecule has 0 fully saturated rings. The van der Waals surface area contributed by atoms with Gasteiger partial charge in [0.1, 0.15) is 5.75 Å². The second-order valence-corrected chi connectivity index (χ2v) is 6.97. The average Bonchev–Trinajstić information content (AvgIpc) is 3.01. The van der Waals surface area contributed by atoms with Gasteiger partial charge in [-0.2, -0.15) is 5.10 Å². The van der Waals surface area contributed by atoms with Crippen molar-refractivity contribution in [1.29, 1.82) is 0 Å². The van der Waals surface area contributed by atoms with Gasteiger partial charge in [-0.25, -0.2) is 22.0 Å². The van der Waals surface area contributed by atoms with Gasteiger partial charge in [0.2, 0.25) is 5.82 Å². The number of aryl methyl sites for hydroxylation is 1. The lowest BCUT2D eigenvalue weighted by Gasteiger charge is -2.12. The highest BCUT2D eigenvalue weighted by Gasteiger charge is 2.26. The summed E-state index contributed by atoms with van der Waals surface area (Å²) < 4.78 is 74.5. The molecule has 3 aromatic rings. The standard InChI is InChI=1S/C20H17F5N4OS/c1-9-19(27-20(31)26-11-4-6-12(30-3)7-5-11)10(2)29(28-9)8-13-14(21)16(23)18(25)17(24)15(13)22/h4-7H,8H2,1-3H3,(H2,26,27,31). The molecule has 0 atom stereocenters. The smallest absolute Gasteiger partial charge is 0.200 e. The van der Waals surface area contributed by atoms with E-state index in [2.05, 4.69) is 15.7 Å². The van der Waals surface area contributed by atoms with Crippen LogP contribution in [-0.2, 0) is 6.54 Å². The average molecular weight is 456 g/mol. The monoisotopic (exact) mass is 456 g/mol. The predicted molar refractivity (Wildman–Crippen MR) is 110 cm³/mol. The maximum absolute atomic E-state index is 14.0. The molecule has 11 heteroatoms. The van der Waals surface area contributed by atoms with Crippen LogP contribution in [0.3, 0.4) is 0 Å². The molecule has 31 heavy (non-hydrogen) atoms. The van der Waals surface area contributed by atoms with E-state index in [0.29, 0.717) is 28.5 Å². The number of ether oxygens (including phenoxy) is 1. The van der Waals surface area contributed by atoms with Crippen molar-refractivity contribution in [3.63, 3.8) is 0 Å². The van der Waals surface area contributed by atoms with Gasteiger partial charge >= 0.3 is 0 Å². The highest BCUT2D eigenvalue weighted by molar-refractivity contribution is 7.80. The Labute approximate surface area is 179 Å². The molecular weight excluding hydrogens is 439 g/mol. The Hall–Kier alpha value is -3.21. The SMILES string of the molecule is COc1ccc(NC(=S)Nc2c(C)nn(Cc3c(F)c(F)c(F)c(F)c3F)c2C)cc1. The molecule has 2 N–H and O–H groups in total. The van der Waals surface area contributed by atoms with E-state index >= 15 is 0 Å². The van der Waals surface area contributed by atoms with Crippen LogP contribution in [-0.4, -0.2) is 22.0 Å². The van der Waals surface area contributed by atoms with Crippen LogP contribution in [0.4, 0.5) is 33.3 Å². The van der Waals surface area contributed by atoms with Crippen LogP contribution < -0.4 is 15.4 Å². The van der Waals surface area contributed by atoms with Gasteiger partial charge in [-0.1, -0.05) is 0 Å². The van der Waals surface area contributed by atoms with E-state index in [-0.39, 0.29) is 5.11 Å². The Morgan fingerprint density at radius 2 is 1.48 bits per heavy atom. The van der Waals surface area contributed by atoms with Crippen molar-refractivity contribution in [3.05, 3.63) is 70.3 Å². The first-order valence-electron chi connectivity index (χ1n) is 8.90. The third kappa shape index (κ3) is 4.46. The van der Waals surface area contributed by atoms with Gasteiger partial charge in [0.15, 0.2) is 28.4 Å². The number of hydrogen-bond donors (Lipinski definition) is 2. The lowest BCUT2D eigenvalue weighted by atomic mass is 10.1. The zero-order valence-electron chi connectivity index (χ0n) is 16.6. The summed E-state index contributed by atoms with van der Waals surface area (Å²) in [5.41, 5.74) is 0.949. The van der Waals surface area contributed by atoms with E-state index in [1.165, 1.54) is 0 Å². The number of rotatable bonds is 5. The van der Waals surface area contributed by atoms with Crippen molar-refractivity contribution < 1.29 is 26.7 Å². The lowest BCUT2D eigenvalue weighted by molar-refractivity contribution is 0.366. The summed E-state index contributed by atoms with van der Waals surface area (Å²) in [6.07, 6.45) is 0. The van der Waals surface area contributed by atoms with E-state index in [1.54, 1.807) is 45.2 Å². The number of methoxy groups -OCH3 is 1. The van der Waals surface area contributed by atoms with Crippen LogP contribution in [0.1, 0.15) is 17.0 Å². The predicted octanol–water partition coefficient (Wildman–Crippen LogP) is 5.06. The maximum atomic E-state index is 14.0. The van der Waals surface area contributed by atoms with Gasteiger partial charge in [0.05, 0.1) is 36.3 Å². The number of hydrogen-bond acceptors (Lipinski definition) is 3. The lowest BCUT2D eigenvalue weighted by Crippen LogP contribution is -2.20. The van der Waals surface area contributed by atoms with Crippen LogP contribution in [0.2, 0.25) is 0 Å². The second kappa shape index (κ2) is 8.88. The van der Waals surface area contributed by atoms with E-state index in [4.69, 9.17) is 17.0 Å². The van der Waals surface area contributed by atoms with E-state index < -0.39 is 41.2 Å². The van der Waals surface area contributed by atoms with Crippen molar-refractivity contribution >= 4 is 28.7 Å². The topological polar surface area (TPSA) is 51.1 Å². The summed E-state index contributed by atoms with van der Waals surface area (Å²) in [5, 5.41) is 10.2. The fourth-order valence-electron chi connectivity index (χ4n) is 2.92. The van der Waals surface area contributed by atoms with Gasteiger partial charge in [0, 0.05) is 5.69 Å².